The molecular weight excluding hydrogens is 358 g/mol. The van der Waals surface area contributed by atoms with Crippen molar-refractivity contribution in [3.05, 3.63) is 76.2 Å². The third-order valence-corrected chi connectivity index (χ3v) is 5.80. The Labute approximate surface area is 161 Å². The summed E-state index contributed by atoms with van der Waals surface area (Å²) < 4.78 is 12.3. The first-order chi connectivity index (χ1) is 13.3. The van der Waals surface area contributed by atoms with Crippen LogP contribution in [0.2, 0.25) is 0 Å². The van der Waals surface area contributed by atoms with Gasteiger partial charge >= 0.3 is 0 Å². The van der Waals surface area contributed by atoms with Crippen molar-refractivity contribution in [1.29, 1.82) is 0 Å². The van der Waals surface area contributed by atoms with Gasteiger partial charge in [-0.05, 0) is 36.6 Å². The molecule has 0 radical (unpaired) electrons. The van der Waals surface area contributed by atoms with Gasteiger partial charge in [-0.25, -0.2) is 5.01 Å². The van der Waals surface area contributed by atoms with Gasteiger partial charge in [-0.3, -0.25) is 4.98 Å². The fourth-order valence-corrected chi connectivity index (χ4v) is 4.41. The van der Waals surface area contributed by atoms with Crippen LogP contribution in [-0.4, -0.2) is 22.3 Å². The standard InChI is InChI=1S/C21H19N3O2S/c1-2-25-18-6-3-5-15-17-13-16(19-7-4-12-27-19)23-24(17)21(26-20(15)18)14-8-10-22-11-9-14/h3-12,17,21H,2,13H2,1H3/t17-,21-/m0/s1. The smallest absolute Gasteiger partial charge is 0.214 e. The van der Waals surface area contributed by atoms with Crippen molar-refractivity contribution >= 4 is 17.0 Å². The number of fused-ring (bicyclic) bond motifs is 3. The molecule has 2 aliphatic heterocycles. The van der Waals surface area contributed by atoms with E-state index in [1.807, 2.05) is 31.2 Å². The van der Waals surface area contributed by atoms with Crippen molar-refractivity contribution in [2.45, 2.75) is 25.6 Å². The van der Waals surface area contributed by atoms with Crippen LogP contribution in [0.1, 0.15) is 41.6 Å². The monoisotopic (exact) mass is 377 g/mol. The van der Waals surface area contributed by atoms with E-state index in [9.17, 15) is 0 Å². The number of nitrogens with zero attached hydrogens (tertiary/aromatic N) is 3. The minimum atomic E-state index is -0.301. The fourth-order valence-electron chi connectivity index (χ4n) is 3.69. The Morgan fingerprint density at radius 3 is 2.85 bits per heavy atom. The van der Waals surface area contributed by atoms with Gasteiger partial charge in [-0.1, -0.05) is 18.2 Å². The highest BCUT2D eigenvalue weighted by molar-refractivity contribution is 7.12. The summed E-state index contributed by atoms with van der Waals surface area (Å²) in [4.78, 5) is 5.35. The van der Waals surface area contributed by atoms with Crippen molar-refractivity contribution in [3.8, 4) is 11.5 Å². The minimum absolute atomic E-state index is 0.129. The van der Waals surface area contributed by atoms with Gasteiger partial charge in [-0.15, -0.1) is 11.3 Å². The van der Waals surface area contributed by atoms with Crippen LogP contribution >= 0.6 is 11.3 Å². The van der Waals surface area contributed by atoms with Gasteiger partial charge in [0.25, 0.3) is 0 Å². The molecule has 0 N–H and O–H groups in total. The first-order valence-electron chi connectivity index (χ1n) is 9.07. The molecule has 0 aliphatic carbocycles. The summed E-state index contributed by atoms with van der Waals surface area (Å²) in [6.07, 6.45) is 4.13. The number of benzene rings is 1. The lowest BCUT2D eigenvalue weighted by molar-refractivity contribution is -0.0212. The van der Waals surface area contributed by atoms with Crippen LogP contribution in [-0.2, 0) is 0 Å². The Morgan fingerprint density at radius 2 is 2.07 bits per heavy atom. The van der Waals surface area contributed by atoms with Crippen molar-refractivity contribution in [2.75, 3.05) is 6.61 Å². The molecule has 0 unspecified atom stereocenters. The van der Waals surface area contributed by atoms with Crippen molar-refractivity contribution in [3.63, 3.8) is 0 Å². The molecule has 0 fully saturated rings. The van der Waals surface area contributed by atoms with Gasteiger partial charge in [0.2, 0.25) is 6.23 Å². The molecule has 2 aromatic heterocycles. The number of pyridine rings is 1. The van der Waals surface area contributed by atoms with Gasteiger partial charge in [0, 0.05) is 29.9 Å². The Hall–Kier alpha value is -2.86. The highest BCUT2D eigenvalue weighted by Gasteiger charge is 2.42. The quantitative estimate of drug-likeness (QED) is 0.656. The molecule has 0 amide bonds. The second-order valence-corrected chi connectivity index (χ2v) is 7.43. The second-order valence-electron chi connectivity index (χ2n) is 6.48. The molecule has 2 aliphatic rings. The first kappa shape index (κ1) is 16.3. The Balaban J connectivity index is 1.62. The molecule has 0 saturated heterocycles. The number of hydrazone groups is 1. The third-order valence-electron chi connectivity index (χ3n) is 4.88. The van der Waals surface area contributed by atoms with Crippen LogP contribution in [0.15, 0.2) is 65.3 Å². The van der Waals surface area contributed by atoms with Crippen LogP contribution < -0.4 is 9.47 Å². The number of hydrogen-bond donors (Lipinski definition) is 0. The number of para-hydroxylation sites is 1. The van der Waals surface area contributed by atoms with E-state index in [4.69, 9.17) is 14.6 Å². The van der Waals surface area contributed by atoms with Crippen LogP contribution in [0, 0.1) is 0 Å². The van der Waals surface area contributed by atoms with Crippen molar-refractivity contribution in [2.24, 2.45) is 5.10 Å². The van der Waals surface area contributed by atoms with Gasteiger partial charge < -0.3 is 9.47 Å². The van der Waals surface area contributed by atoms with E-state index < -0.39 is 0 Å². The largest absolute Gasteiger partial charge is 0.490 e. The average Bonchev–Trinajstić information content (AvgIpc) is 3.38. The van der Waals surface area contributed by atoms with Gasteiger partial charge in [0.05, 0.1) is 23.2 Å². The summed E-state index contributed by atoms with van der Waals surface area (Å²) in [6, 6.07) is 14.4. The molecule has 2 atom stereocenters. The molecule has 1 aromatic carbocycles. The van der Waals surface area contributed by atoms with Gasteiger partial charge in [0.1, 0.15) is 0 Å². The highest BCUT2D eigenvalue weighted by Crippen LogP contribution is 2.50. The number of hydrogen-bond acceptors (Lipinski definition) is 6. The topological polar surface area (TPSA) is 47.0 Å². The van der Waals surface area contributed by atoms with Crippen molar-refractivity contribution in [1.82, 2.24) is 9.99 Å². The fraction of sp³-hybridized carbons (Fsp3) is 0.238. The van der Waals surface area contributed by atoms with Crippen molar-refractivity contribution < 1.29 is 9.47 Å². The second kappa shape index (κ2) is 6.70. The summed E-state index contributed by atoms with van der Waals surface area (Å²) in [5, 5.41) is 9.14. The molecule has 0 saturated carbocycles. The van der Waals surface area contributed by atoms with Crippen LogP contribution in [0.3, 0.4) is 0 Å². The van der Waals surface area contributed by atoms with E-state index in [1.165, 1.54) is 4.88 Å². The maximum atomic E-state index is 6.45. The lowest BCUT2D eigenvalue weighted by Gasteiger charge is -2.38. The van der Waals surface area contributed by atoms with E-state index in [0.29, 0.717) is 6.61 Å². The molecule has 5 nitrogen and oxygen atoms in total. The number of ether oxygens (including phenoxy) is 2. The van der Waals surface area contributed by atoms with Gasteiger partial charge in [0.15, 0.2) is 11.5 Å². The van der Waals surface area contributed by atoms with Crippen LogP contribution in [0.4, 0.5) is 0 Å². The molecule has 0 spiro atoms. The van der Waals surface area contributed by atoms with Crippen LogP contribution in [0.5, 0.6) is 11.5 Å². The molecule has 4 heterocycles. The molecular formula is C21H19N3O2S. The predicted molar refractivity (Wildman–Crippen MR) is 105 cm³/mol. The normalized spacial score (nSPS) is 20.5. The van der Waals surface area contributed by atoms with E-state index >= 15 is 0 Å². The summed E-state index contributed by atoms with van der Waals surface area (Å²) in [5.41, 5.74) is 3.26. The van der Waals surface area contributed by atoms with E-state index in [0.717, 1.165) is 34.8 Å². The molecule has 6 heteroatoms. The molecule has 3 aromatic rings. The zero-order valence-electron chi connectivity index (χ0n) is 14.9. The Kier molecular flexibility index (Phi) is 4.05. The molecule has 0 bridgehead atoms. The van der Waals surface area contributed by atoms with E-state index in [2.05, 4.69) is 33.6 Å². The number of thiophene rings is 1. The summed E-state index contributed by atoms with van der Waals surface area (Å²) in [6.45, 7) is 2.59. The average molecular weight is 377 g/mol. The molecule has 27 heavy (non-hydrogen) atoms. The number of rotatable bonds is 4. The van der Waals surface area contributed by atoms with E-state index in [-0.39, 0.29) is 12.3 Å². The first-order valence-corrected chi connectivity index (χ1v) is 9.95. The molecule has 5 rings (SSSR count). The zero-order chi connectivity index (χ0) is 18.2. The summed E-state index contributed by atoms with van der Waals surface area (Å²) in [5.74, 6) is 1.61. The SMILES string of the molecule is CCOc1cccc2c1O[C@@H](c1ccncc1)N1N=C(c3cccs3)C[C@@H]21. The Morgan fingerprint density at radius 1 is 1.19 bits per heavy atom. The van der Waals surface area contributed by atoms with Crippen LogP contribution in [0.25, 0.3) is 0 Å². The summed E-state index contributed by atoms with van der Waals surface area (Å²) >= 11 is 1.72. The highest BCUT2D eigenvalue weighted by atomic mass is 32.1. The lowest BCUT2D eigenvalue weighted by Crippen LogP contribution is -2.33. The maximum absolute atomic E-state index is 6.45. The number of aromatic nitrogens is 1. The summed E-state index contributed by atoms with van der Waals surface area (Å²) in [7, 11) is 0. The minimum Gasteiger partial charge on any atom is -0.490 e. The maximum Gasteiger partial charge on any atom is 0.214 e. The third kappa shape index (κ3) is 2.77. The molecule has 136 valence electrons. The Bertz CT molecular complexity index is 972. The van der Waals surface area contributed by atoms with E-state index in [1.54, 1.807) is 23.7 Å². The lowest BCUT2D eigenvalue weighted by atomic mass is 9.97. The zero-order valence-corrected chi connectivity index (χ0v) is 15.7. The van der Waals surface area contributed by atoms with Gasteiger partial charge in [-0.2, -0.15) is 5.10 Å². The predicted octanol–water partition coefficient (Wildman–Crippen LogP) is 4.78.